The SMILES string of the molecule is Cc1cn(-c2[c-]cccc2)nc1N(C)C.[Ir]. The molecule has 0 aliphatic rings. The van der Waals surface area contributed by atoms with Crippen LogP contribution in [0.3, 0.4) is 0 Å². The summed E-state index contributed by atoms with van der Waals surface area (Å²) in [5.41, 5.74) is 2.13. The van der Waals surface area contributed by atoms with Gasteiger partial charge in [0.05, 0.1) is 0 Å². The maximum Gasteiger partial charge on any atom is 0.153 e. The Morgan fingerprint density at radius 2 is 2.06 bits per heavy atom. The normalized spacial score (nSPS) is 9.69. The molecular formula is C12H14IrN3-. The minimum atomic E-state index is 0. The van der Waals surface area contributed by atoms with Crippen molar-refractivity contribution < 1.29 is 20.1 Å². The minimum Gasteiger partial charge on any atom is -0.361 e. The van der Waals surface area contributed by atoms with Gasteiger partial charge in [0.15, 0.2) is 5.82 Å². The van der Waals surface area contributed by atoms with E-state index in [1.54, 1.807) is 0 Å². The summed E-state index contributed by atoms with van der Waals surface area (Å²) in [7, 11) is 3.99. The van der Waals surface area contributed by atoms with Crippen molar-refractivity contribution in [3.05, 3.63) is 42.1 Å². The summed E-state index contributed by atoms with van der Waals surface area (Å²) < 4.78 is 1.85. The second-order valence-electron chi connectivity index (χ2n) is 3.72. The van der Waals surface area contributed by atoms with Gasteiger partial charge in [0.2, 0.25) is 0 Å². The summed E-state index contributed by atoms with van der Waals surface area (Å²) >= 11 is 0. The van der Waals surface area contributed by atoms with Crippen molar-refractivity contribution in [1.29, 1.82) is 0 Å². The molecule has 16 heavy (non-hydrogen) atoms. The first kappa shape index (κ1) is 12.9. The van der Waals surface area contributed by atoms with Gasteiger partial charge >= 0.3 is 0 Å². The van der Waals surface area contributed by atoms with Crippen molar-refractivity contribution in [3.8, 4) is 5.69 Å². The molecule has 1 aromatic heterocycles. The molecule has 1 aromatic carbocycles. The van der Waals surface area contributed by atoms with Gasteiger partial charge in [0, 0.05) is 46.0 Å². The van der Waals surface area contributed by atoms with Crippen LogP contribution in [0, 0.1) is 13.0 Å². The van der Waals surface area contributed by atoms with E-state index in [9.17, 15) is 0 Å². The Kier molecular flexibility index (Phi) is 4.27. The molecule has 0 unspecified atom stereocenters. The number of hydrogen-bond donors (Lipinski definition) is 0. The Morgan fingerprint density at radius 1 is 1.31 bits per heavy atom. The molecule has 2 rings (SSSR count). The average Bonchev–Trinajstić information content (AvgIpc) is 2.62. The van der Waals surface area contributed by atoms with Crippen molar-refractivity contribution in [2.75, 3.05) is 19.0 Å². The Hall–Kier alpha value is -1.12. The summed E-state index contributed by atoms with van der Waals surface area (Å²) in [4.78, 5) is 2.01. The van der Waals surface area contributed by atoms with Crippen LogP contribution in [0.25, 0.3) is 5.69 Å². The fourth-order valence-corrected chi connectivity index (χ4v) is 1.54. The van der Waals surface area contributed by atoms with E-state index in [-0.39, 0.29) is 20.1 Å². The van der Waals surface area contributed by atoms with E-state index in [1.165, 1.54) is 0 Å². The number of nitrogens with zero attached hydrogens (tertiary/aromatic N) is 3. The van der Waals surface area contributed by atoms with Crippen LogP contribution in [0.15, 0.2) is 30.5 Å². The van der Waals surface area contributed by atoms with Crippen LogP contribution >= 0.6 is 0 Å². The van der Waals surface area contributed by atoms with E-state index >= 15 is 0 Å². The van der Waals surface area contributed by atoms with Crippen LogP contribution in [0.1, 0.15) is 5.56 Å². The van der Waals surface area contributed by atoms with Crippen LogP contribution in [-0.4, -0.2) is 23.9 Å². The van der Waals surface area contributed by atoms with Crippen LogP contribution < -0.4 is 4.90 Å². The van der Waals surface area contributed by atoms with Gasteiger partial charge in [-0.3, -0.25) is 4.68 Å². The first-order valence-corrected chi connectivity index (χ1v) is 4.89. The van der Waals surface area contributed by atoms with E-state index in [2.05, 4.69) is 18.1 Å². The zero-order chi connectivity index (χ0) is 10.8. The van der Waals surface area contributed by atoms with Crippen LogP contribution in [0.4, 0.5) is 5.82 Å². The van der Waals surface area contributed by atoms with Crippen molar-refractivity contribution in [3.63, 3.8) is 0 Å². The van der Waals surface area contributed by atoms with Gasteiger partial charge < -0.3 is 4.90 Å². The fourth-order valence-electron chi connectivity index (χ4n) is 1.54. The summed E-state index contributed by atoms with van der Waals surface area (Å²) in [6, 6.07) is 11.0. The Bertz CT molecular complexity index is 449. The molecule has 2 aromatic rings. The number of aryl methyl sites for hydroxylation is 1. The molecule has 0 bridgehead atoms. The van der Waals surface area contributed by atoms with E-state index in [0.717, 1.165) is 17.1 Å². The molecule has 0 aliphatic heterocycles. The molecule has 0 saturated carbocycles. The molecule has 0 fully saturated rings. The second kappa shape index (κ2) is 5.28. The summed E-state index contributed by atoms with van der Waals surface area (Å²) in [5, 5.41) is 4.49. The van der Waals surface area contributed by atoms with Crippen LogP contribution in [0.2, 0.25) is 0 Å². The minimum absolute atomic E-state index is 0. The van der Waals surface area contributed by atoms with Crippen molar-refractivity contribution >= 4 is 5.82 Å². The quantitative estimate of drug-likeness (QED) is 0.730. The molecule has 0 amide bonds. The second-order valence-corrected chi connectivity index (χ2v) is 3.72. The van der Waals surface area contributed by atoms with Gasteiger partial charge in [-0.2, -0.15) is 29.4 Å². The van der Waals surface area contributed by atoms with E-state index in [0.29, 0.717) is 0 Å². The first-order chi connectivity index (χ1) is 7.18. The average molecular weight is 392 g/mol. The third-order valence-electron chi connectivity index (χ3n) is 2.23. The van der Waals surface area contributed by atoms with Gasteiger partial charge in [-0.05, 0) is 12.6 Å². The third kappa shape index (κ3) is 2.52. The summed E-state index contributed by atoms with van der Waals surface area (Å²) in [6.07, 6.45) is 2.02. The van der Waals surface area contributed by atoms with Gasteiger partial charge in [-0.15, -0.1) is 6.07 Å². The van der Waals surface area contributed by atoms with E-state index in [4.69, 9.17) is 0 Å². The molecule has 0 saturated heterocycles. The van der Waals surface area contributed by atoms with Crippen molar-refractivity contribution in [1.82, 2.24) is 9.78 Å². The third-order valence-corrected chi connectivity index (χ3v) is 2.23. The maximum atomic E-state index is 4.49. The van der Waals surface area contributed by atoms with Crippen LogP contribution in [0.5, 0.6) is 0 Å². The number of anilines is 1. The molecule has 0 aliphatic carbocycles. The van der Waals surface area contributed by atoms with Crippen molar-refractivity contribution in [2.45, 2.75) is 6.92 Å². The van der Waals surface area contributed by atoms with Gasteiger partial charge in [-0.1, -0.05) is 0 Å². The number of aromatic nitrogens is 2. The van der Waals surface area contributed by atoms with Crippen molar-refractivity contribution in [2.24, 2.45) is 0 Å². The Labute approximate surface area is 109 Å². The fraction of sp³-hybridized carbons (Fsp3) is 0.250. The van der Waals surface area contributed by atoms with Gasteiger partial charge in [-0.25, -0.2) is 0 Å². The topological polar surface area (TPSA) is 21.1 Å². The predicted octanol–water partition coefficient (Wildman–Crippen LogP) is 2.04. The van der Waals surface area contributed by atoms with Crippen LogP contribution in [-0.2, 0) is 20.1 Å². The van der Waals surface area contributed by atoms with E-state index in [1.807, 2.05) is 54.1 Å². The first-order valence-electron chi connectivity index (χ1n) is 4.89. The molecule has 1 heterocycles. The molecule has 87 valence electrons. The van der Waals surface area contributed by atoms with Gasteiger partial charge in [0.1, 0.15) is 0 Å². The summed E-state index contributed by atoms with van der Waals surface area (Å²) in [6.45, 7) is 2.06. The Balaban J connectivity index is 0.00000128. The van der Waals surface area contributed by atoms with E-state index < -0.39 is 0 Å². The number of para-hydroxylation sites is 1. The largest absolute Gasteiger partial charge is 0.361 e. The van der Waals surface area contributed by atoms with Gasteiger partial charge in [0.25, 0.3) is 0 Å². The molecule has 0 spiro atoms. The monoisotopic (exact) mass is 393 g/mol. The molecular weight excluding hydrogens is 378 g/mol. The molecule has 3 nitrogen and oxygen atoms in total. The zero-order valence-electron chi connectivity index (χ0n) is 9.56. The standard InChI is InChI=1S/C12H14N3.Ir/c1-10-9-15(13-12(10)14(2)3)11-7-5-4-6-8-11;/h4-7,9H,1-3H3;/q-1;. The number of hydrogen-bond acceptors (Lipinski definition) is 2. The predicted molar refractivity (Wildman–Crippen MR) is 61.5 cm³/mol. The number of rotatable bonds is 2. The molecule has 1 radical (unpaired) electrons. The smallest absolute Gasteiger partial charge is 0.153 e. The molecule has 0 N–H and O–H groups in total. The zero-order valence-corrected chi connectivity index (χ0v) is 12.0. The molecule has 0 atom stereocenters. The maximum absolute atomic E-state index is 4.49. The Morgan fingerprint density at radius 3 is 2.56 bits per heavy atom. The molecule has 4 heteroatoms. The number of benzene rings is 1. The summed E-state index contributed by atoms with van der Waals surface area (Å²) in [5.74, 6) is 0.993.